The molecule has 2 rings (SSSR count). The van der Waals surface area contributed by atoms with Crippen LogP contribution in [0, 0.1) is 0 Å². The van der Waals surface area contributed by atoms with E-state index in [0.717, 1.165) is 0 Å². The van der Waals surface area contributed by atoms with Gasteiger partial charge >= 0.3 is 0 Å². The first kappa shape index (κ1) is 13.3. The van der Waals surface area contributed by atoms with Crippen LogP contribution in [-0.2, 0) is 0 Å². The largest absolute Gasteiger partial charge is 0.394 e. The summed E-state index contributed by atoms with van der Waals surface area (Å²) in [5.74, 6) is 0.104. The van der Waals surface area contributed by atoms with Crippen LogP contribution in [0.3, 0.4) is 0 Å². The number of nitrogens with one attached hydrogen (secondary N) is 1. The van der Waals surface area contributed by atoms with Gasteiger partial charge in [0.1, 0.15) is 24.1 Å². The summed E-state index contributed by atoms with van der Waals surface area (Å²) in [6.07, 6.45) is -4.37. The Morgan fingerprint density at radius 2 is 2.00 bits per heavy atom. The lowest BCUT2D eigenvalue weighted by Crippen LogP contribution is -2.35. The number of aromatic nitrogens is 2. The molecule has 18 heavy (non-hydrogen) atoms. The van der Waals surface area contributed by atoms with E-state index in [0.29, 0.717) is 16.1 Å². The minimum Gasteiger partial charge on any atom is -0.394 e. The van der Waals surface area contributed by atoms with Crippen LogP contribution in [0.15, 0.2) is 18.2 Å². The van der Waals surface area contributed by atoms with Gasteiger partial charge in [-0.3, -0.25) is 0 Å². The summed E-state index contributed by atoms with van der Waals surface area (Å²) >= 11 is 5.81. The van der Waals surface area contributed by atoms with Crippen LogP contribution in [-0.4, -0.2) is 49.2 Å². The van der Waals surface area contributed by atoms with Gasteiger partial charge in [-0.15, -0.1) is 0 Å². The highest BCUT2D eigenvalue weighted by atomic mass is 35.5. The molecule has 0 spiro atoms. The van der Waals surface area contributed by atoms with Crippen LogP contribution in [0.2, 0.25) is 5.02 Å². The molecule has 7 heteroatoms. The molecule has 0 saturated heterocycles. The van der Waals surface area contributed by atoms with Crippen molar-refractivity contribution in [1.29, 1.82) is 0 Å². The van der Waals surface area contributed by atoms with Crippen molar-refractivity contribution in [2.45, 2.75) is 18.3 Å². The number of hydrogen-bond donors (Lipinski definition) is 5. The van der Waals surface area contributed by atoms with Gasteiger partial charge < -0.3 is 25.4 Å². The molecule has 0 aliphatic rings. The van der Waals surface area contributed by atoms with Gasteiger partial charge in [-0.05, 0) is 18.2 Å². The first-order valence-corrected chi connectivity index (χ1v) is 5.71. The number of aliphatic hydroxyl groups is 4. The summed E-state index contributed by atoms with van der Waals surface area (Å²) in [6, 6.07) is 4.95. The number of aromatic amines is 1. The molecule has 98 valence electrons. The highest BCUT2D eigenvalue weighted by molar-refractivity contribution is 6.31. The van der Waals surface area contributed by atoms with Crippen molar-refractivity contribution in [2.24, 2.45) is 0 Å². The Morgan fingerprint density at radius 1 is 1.28 bits per heavy atom. The highest BCUT2D eigenvalue weighted by Gasteiger charge is 2.27. The van der Waals surface area contributed by atoms with E-state index >= 15 is 0 Å². The fraction of sp³-hybridized carbons (Fsp3) is 0.364. The Hall–Kier alpha value is -1.18. The molecule has 0 saturated carbocycles. The number of hydrogen-bond acceptors (Lipinski definition) is 5. The maximum Gasteiger partial charge on any atom is 0.140 e. The molecular weight excluding hydrogens is 260 g/mol. The van der Waals surface area contributed by atoms with Crippen molar-refractivity contribution < 1.29 is 20.4 Å². The maximum absolute atomic E-state index is 9.81. The predicted octanol–water partition coefficient (Wildman–Crippen LogP) is -0.0362. The number of fused-ring (bicyclic) bond motifs is 1. The van der Waals surface area contributed by atoms with E-state index < -0.39 is 24.9 Å². The van der Waals surface area contributed by atoms with Crippen LogP contribution in [0.4, 0.5) is 0 Å². The normalized spacial score (nSPS) is 16.7. The Labute approximate surface area is 107 Å². The van der Waals surface area contributed by atoms with Crippen LogP contribution in [0.25, 0.3) is 11.0 Å². The Balaban J connectivity index is 2.30. The van der Waals surface area contributed by atoms with Gasteiger partial charge in [-0.1, -0.05) is 11.6 Å². The van der Waals surface area contributed by atoms with Gasteiger partial charge in [0.05, 0.1) is 17.6 Å². The zero-order valence-corrected chi connectivity index (χ0v) is 10.0. The van der Waals surface area contributed by atoms with E-state index in [1.807, 2.05) is 0 Å². The molecule has 0 radical (unpaired) electrons. The minimum atomic E-state index is -1.52. The van der Waals surface area contributed by atoms with Crippen molar-refractivity contribution in [2.75, 3.05) is 6.61 Å². The number of benzene rings is 1. The molecule has 2 aromatic rings. The monoisotopic (exact) mass is 272 g/mol. The summed E-state index contributed by atoms with van der Waals surface area (Å²) in [5.41, 5.74) is 1.20. The maximum atomic E-state index is 9.81. The number of H-pyrrole nitrogens is 1. The second-order valence-electron chi connectivity index (χ2n) is 3.97. The predicted molar refractivity (Wildman–Crippen MR) is 65.2 cm³/mol. The van der Waals surface area contributed by atoms with Gasteiger partial charge in [-0.25, -0.2) is 4.98 Å². The van der Waals surface area contributed by atoms with Gasteiger partial charge in [-0.2, -0.15) is 0 Å². The van der Waals surface area contributed by atoms with Gasteiger partial charge in [0, 0.05) is 5.02 Å². The summed E-state index contributed by atoms with van der Waals surface area (Å²) in [5, 5.41) is 37.9. The molecule has 1 heterocycles. The summed E-state index contributed by atoms with van der Waals surface area (Å²) in [6.45, 7) is -0.649. The van der Waals surface area contributed by atoms with Gasteiger partial charge in [0.25, 0.3) is 0 Å². The van der Waals surface area contributed by atoms with Crippen molar-refractivity contribution in [3.8, 4) is 0 Å². The summed E-state index contributed by atoms with van der Waals surface area (Å²) in [4.78, 5) is 6.87. The average molecular weight is 273 g/mol. The third kappa shape index (κ3) is 2.47. The average Bonchev–Trinajstić information content (AvgIpc) is 2.78. The zero-order chi connectivity index (χ0) is 13.3. The summed E-state index contributed by atoms with van der Waals surface area (Å²) in [7, 11) is 0. The number of aliphatic hydroxyl groups excluding tert-OH is 4. The summed E-state index contributed by atoms with van der Waals surface area (Å²) < 4.78 is 0. The lowest BCUT2D eigenvalue weighted by atomic mass is 10.1. The zero-order valence-electron chi connectivity index (χ0n) is 9.29. The smallest absolute Gasteiger partial charge is 0.140 e. The van der Waals surface area contributed by atoms with Crippen LogP contribution >= 0.6 is 11.6 Å². The number of imidazole rings is 1. The molecule has 0 amide bonds. The topological polar surface area (TPSA) is 110 Å². The molecule has 1 aromatic carbocycles. The number of nitrogens with zero attached hydrogens (tertiary/aromatic N) is 1. The molecule has 3 atom stereocenters. The van der Waals surface area contributed by atoms with E-state index in [9.17, 15) is 15.3 Å². The van der Waals surface area contributed by atoms with Gasteiger partial charge in [0.2, 0.25) is 0 Å². The Morgan fingerprint density at radius 3 is 2.67 bits per heavy atom. The van der Waals surface area contributed by atoms with Crippen molar-refractivity contribution in [1.82, 2.24) is 9.97 Å². The third-order valence-electron chi connectivity index (χ3n) is 2.65. The first-order valence-electron chi connectivity index (χ1n) is 5.33. The van der Waals surface area contributed by atoms with Gasteiger partial charge in [0.15, 0.2) is 0 Å². The molecule has 0 fully saturated rings. The standard InChI is InChI=1S/C11H13ClN2O4/c12-5-1-2-6-7(3-5)14-11(13-6)10(18)9(17)8(16)4-15/h1-3,8-10,15-18H,4H2,(H,13,14)/t8?,9?,10-/m0/s1. The van der Waals surface area contributed by atoms with E-state index in [2.05, 4.69) is 9.97 Å². The molecule has 6 nitrogen and oxygen atoms in total. The fourth-order valence-corrected chi connectivity index (χ4v) is 1.79. The molecular formula is C11H13ClN2O4. The van der Waals surface area contributed by atoms with E-state index in [-0.39, 0.29) is 5.82 Å². The quantitative estimate of drug-likeness (QED) is 0.537. The molecule has 2 unspecified atom stereocenters. The number of rotatable bonds is 4. The van der Waals surface area contributed by atoms with Crippen molar-refractivity contribution >= 4 is 22.6 Å². The highest BCUT2D eigenvalue weighted by Crippen LogP contribution is 2.22. The van der Waals surface area contributed by atoms with E-state index in [1.165, 1.54) is 0 Å². The van der Waals surface area contributed by atoms with Crippen LogP contribution in [0.5, 0.6) is 0 Å². The molecule has 0 aliphatic carbocycles. The SMILES string of the molecule is OCC(O)C(O)[C@H](O)c1nc2ccc(Cl)cc2[nH]1. The van der Waals surface area contributed by atoms with Crippen molar-refractivity contribution in [3.05, 3.63) is 29.0 Å². The lowest BCUT2D eigenvalue weighted by molar-refractivity contribution is -0.0800. The molecule has 0 bridgehead atoms. The Bertz CT molecular complexity index is 545. The van der Waals surface area contributed by atoms with Crippen molar-refractivity contribution in [3.63, 3.8) is 0 Å². The molecule has 0 aliphatic heterocycles. The third-order valence-corrected chi connectivity index (χ3v) is 2.88. The van der Waals surface area contributed by atoms with E-state index in [4.69, 9.17) is 16.7 Å². The first-order chi connectivity index (χ1) is 8.52. The van der Waals surface area contributed by atoms with Crippen LogP contribution in [0.1, 0.15) is 11.9 Å². The lowest BCUT2D eigenvalue weighted by Gasteiger charge is -2.19. The van der Waals surface area contributed by atoms with E-state index in [1.54, 1.807) is 18.2 Å². The Kier molecular flexibility index (Phi) is 3.84. The second-order valence-corrected chi connectivity index (χ2v) is 4.41. The molecule has 1 aromatic heterocycles. The number of halogens is 1. The van der Waals surface area contributed by atoms with Crippen LogP contribution < -0.4 is 0 Å². The fourth-order valence-electron chi connectivity index (χ4n) is 1.62. The second kappa shape index (κ2) is 5.21. The minimum absolute atomic E-state index is 0.104. The molecule has 5 N–H and O–H groups in total.